The number of nitrogens with two attached hydrogens (primary N) is 1. The summed E-state index contributed by atoms with van der Waals surface area (Å²) in [5, 5.41) is 5.40. The lowest BCUT2D eigenvalue weighted by Crippen LogP contribution is -2.86. The third-order valence-electron chi connectivity index (χ3n) is 3.61. The van der Waals surface area contributed by atoms with Gasteiger partial charge in [0.05, 0.1) is 5.69 Å². The molecule has 120 valence electrons. The molecular weight excluding hydrogens is 312 g/mol. The molecule has 0 saturated carbocycles. The molecule has 0 saturated heterocycles. The summed E-state index contributed by atoms with van der Waals surface area (Å²) in [5.41, 5.74) is 2.13. The van der Waals surface area contributed by atoms with Crippen LogP contribution in [0.3, 0.4) is 0 Å². The van der Waals surface area contributed by atoms with Crippen molar-refractivity contribution in [1.82, 2.24) is 0 Å². The largest absolute Gasteiger partial charge is 0.333 e. The number of carbonyl (C=O) groups is 2. The number of anilines is 1. The van der Waals surface area contributed by atoms with Crippen molar-refractivity contribution in [1.29, 1.82) is 0 Å². The van der Waals surface area contributed by atoms with E-state index in [0.717, 1.165) is 5.56 Å². The summed E-state index contributed by atoms with van der Waals surface area (Å²) < 4.78 is 0. The van der Waals surface area contributed by atoms with E-state index in [0.29, 0.717) is 16.3 Å². The Hall–Kier alpha value is -2.17. The van der Waals surface area contributed by atoms with Gasteiger partial charge in [0.1, 0.15) is 6.04 Å². The van der Waals surface area contributed by atoms with Gasteiger partial charge in [-0.05, 0) is 38.1 Å². The molecule has 4 nitrogen and oxygen atoms in total. The van der Waals surface area contributed by atoms with Crippen molar-refractivity contribution in [2.45, 2.75) is 19.9 Å². The maximum Gasteiger partial charge on any atom is 0.279 e. The van der Waals surface area contributed by atoms with Gasteiger partial charge in [-0.25, -0.2) is 0 Å². The molecule has 2 rings (SSSR count). The molecule has 0 fully saturated rings. The molecule has 0 heterocycles. The van der Waals surface area contributed by atoms with E-state index in [1.807, 2.05) is 36.5 Å². The molecule has 0 aliphatic heterocycles. The first-order chi connectivity index (χ1) is 11.0. The van der Waals surface area contributed by atoms with E-state index in [9.17, 15) is 9.59 Å². The Balaban J connectivity index is 1.94. The van der Waals surface area contributed by atoms with Crippen LogP contribution in [0.15, 0.2) is 48.5 Å². The number of para-hydroxylation sites is 1. The average Bonchev–Trinajstić information content (AvgIpc) is 2.53. The van der Waals surface area contributed by atoms with Gasteiger partial charge in [-0.2, -0.15) is 0 Å². The van der Waals surface area contributed by atoms with Gasteiger partial charge >= 0.3 is 0 Å². The van der Waals surface area contributed by atoms with Crippen molar-refractivity contribution in [3.8, 4) is 0 Å². The Morgan fingerprint density at radius 3 is 2.61 bits per heavy atom. The van der Waals surface area contributed by atoms with E-state index in [1.165, 1.54) is 6.92 Å². The highest BCUT2D eigenvalue weighted by atomic mass is 35.5. The third-order valence-corrected chi connectivity index (χ3v) is 3.85. The van der Waals surface area contributed by atoms with E-state index in [4.69, 9.17) is 11.6 Å². The van der Waals surface area contributed by atoms with E-state index < -0.39 is 0 Å². The molecule has 0 unspecified atom stereocenters. The fourth-order valence-corrected chi connectivity index (χ4v) is 2.51. The topological polar surface area (TPSA) is 62.8 Å². The molecule has 2 aromatic rings. The number of Topliss-reactive ketones (excluding diaryl/α,β-unsaturated/α-hetero) is 1. The Bertz CT molecular complexity index is 716. The Morgan fingerprint density at radius 1 is 1.17 bits per heavy atom. The monoisotopic (exact) mass is 331 g/mol. The lowest BCUT2D eigenvalue weighted by Gasteiger charge is -2.12. The molecule has 23 heavy (non-hydrogen) atoms. The maximum atomic E-state index is 12.1. The van der Waals surface area contributed by atoms with Crippen LogP contribution in [0.4, 0.5) is 5.69 Å². The molecule has 3 N–H and O–H groups in total. The summed E-state index contributed by atoms with van der Waals surface area (Å²) in [6.45, 7) is 3.76. The van der Waals surface area contributed by atoms with Crippen LogP contribution >= 0.6 is 11.6 Å². The molecule has 1 amide bonds. The Morgan fingerprint density at radius 2 is 1.91 bits per heavy atom. The van der Waals surface area contributed by atoms with Gasteiger partial charge in [0, 0.05) is 16.1 Å². The molecule has 0 radical (unpaired) electrons. The van der Waals surface area contributed by atoms with Gasteiger partial charge in [0.25, 0.3) is 5.91 Å². The highest BCUT2D eigenvalue weighted by molar-refractivity contribution is 6.30. The maximum absolute atomic E-state index is 12.1. The molecule has 0 aliphatic rings. The number of rotatable bonds is 6. The molecule has 2 aromatic carbocycles. The van der Waals surface area contributed by atoms with Crippen LogP contribution in [0.25, 0.3) is 0 Å². The summed E-state index contributed by atoms with van der Waals surface area (Å²) in [6.07, 6.45) is 0. The zero-order chi connectivity index (χ0) is 16.8. The molecular formula is C18H20ClN2O2+. The predicted molar refractivity (Wildman–Crippen MR) is 91.7 cm³/mol. The number of hydrogen-bond acceptors (Lipinski definition) is 2. The smallest absolute Gasteiger partial charge is 0.279 e. The number of nitrogens with one attached hydrogen (secondary N) is 1. The van der Waals surface area contributed by atoms with E-state index in [2.05, 4.69) is 5.32 Å². The number of amides is 1. The second kappa shape index (κ2) is 7.90. The standard InChI is InChI=1S/C18H19ClN2O2/c1-12(14-6-5-7-15(19)10-14)20-11-18(23)21-17-9-4-3-8-16(17)13(2)22/h3-10,12,20H,11H2,1-2H3,(H,21,23)/p+1/t12-/m1/s1. The lowest BCUT2D eigenvalue weighted by molar-refractivity contribution is -0.682. The van der Waals surface area contributed by atoms with Crippen molar-refractivity contribution in [2.75, 3.05) is 11.9 Å². The van der Waals surface area contributed by atoms with Crippen LogP contribution in [0, 0.1) is 0 Å². The molecule has 1 atom stereocenters. The summed E-state index contributed by atoms with van der Waals surface area (Å²) in [5.74, 6) is -0.218. The first-order valence-electron chi connectivity index (χ1n) is 7.46. The fraction of sp³-hybridized carbons (Fsp3) is 0.222. The predicted octanol–water partition coefficient (Wildman–Crippen LogP) is 2.81. The van der Waals surface area contributed by atoms with Crippen molar-refractivity contribution in [3.63, 3.8) is 0 Å². The highest BCUT2D eigenvalue weighted by Gasteiger charge is 2.14. The van der Waals surface area contributed by atoms with Crippen LogP contribution in [-0.4, -0.2) is 18.2 Å². The minimum absolute atomic E-state index is 0.0721. The highest BCUT2D eigenvalue weighted by Crippen LogP contribution is 2.16. The fourth-order valence-electron chi connectivity index (χ4n) is 2.31. The van der Waals surface area contributed by atoms with Crippen LogP contribution < -0.4 is 10.6 Å². The van der Waals surface area contributed by atoms with Gasteiger partial charge in [-0.3, -0.25) is 9.59 Å². The third kappa shape index (κ3) is 4.91. The molecule has 0 spiro atoms. The molecule has 0 aromatic heterocycles. The van der Waals surface area contributed by atoms with Crippen LogP contribution in [0.5, 0.6) is 0 Å². The second-order valence-electron chi connectivity index (χ2n) is 5.43. The first-order valence-corrected chi connectivity index (χ1v) is 7.84. The first kappa shape index (κ1) is 17.2. The Labute approximate surface area is 140 Å². The van der Waals surface area contributed by atoms with Crippen molar-refractivity contribution in [3.05, 3.63) is 64.7 Å². The molecule has 5 heteroatoms. The average molecular weight is 332 g/mol. The summed E-state index contributed by atoms with van der Waals surface area (Å²) in [6, 6.07) is 14.7. The summed E-state index contributed by atoms with van der Waals surface area (Å²) in [7, 11) is 0. The summed E-state index contributed by atoms with van der Waals surface area (Å²) in [4.78, 5) is 23.7. The van der Waals surface area contributed by atoms with E-state index in [1.54, 1.807) is 24.3 Å². The minimum atomic E-state index is -0.146. The van der Waals surface area contributed by atoms with Gasteiger partial charge < -0.3 is 10.6 Å². The Kier molecular flexibility index (Phi) is 5.90. The quantitative estimate of drug-likeness (QED) is 0.799. The van der Waals surface area contributed by atoms with Crippen LogP contribution in [0.1, 0.15) is 35.8 Å². The zero-order valence-electron chi connectivity index (χ0n) is 13.2. The number of benzene rings is 2. The normalized spacial score (nSPS) is 11.8. The van der Waals surface area contributed by atoms with Gasteiger partial charge in [-0.15, -0.1) is 0 Å². The van der Waals surface area contributed by atoms with Crippen molar-refractivity contribution < 1.29 is 14.9 Å². The number of hydrogen-bond donors (Lipinski definition) is 2. The van der Waals surface area contributed by atoms with E-state index >= 15 is 0 Å². The van der Waals surface area contributed by atoms with Gasteiger partial charge in [0.15, 0.2) is 12.3 Å². The SMILES string of the molecule is CC(=O)c1ccccc1NC(=O)C[NH2+][C@H](C)c1cccc(Cl)c1. The number of halogens is 1. The zero-order valence-corrected chi connectivity index (χ0v) is 13.9. The number of ketones is 1. The summed E-state index contributed by atoms with van der Waals surface area (Å²) >= 11 is 5.98. The molecule has 0 aliphatic carbocycles. The lowest BCUT2D eigenvalue weighted by atomic mass is 10.1. The van der Waals surface area contributed by atoms with Crippen molar-refractivity contribution >= 4 is 29.0 Å². The van der Waals surface area contributed by atoms with Gasteiger partial charge in [0.2, 0.25) is 0 Å². The number of carbonyl (C=O) groups excluding carboxylic acids is 2. The molecule has 0 bridgehead atoms. The van der Waals surface area contributed by atoms with Gasteiger partial charge in [-0.1, -0.05) is 35.9 Å². The van der Waals surface area contributed by atoms with E-state index in [-0.39, 0.29) is 24.3 Å². The minimum Gasteiger partial charge on any atom is -0.333 e. The van der Waals surface area contributed by atoms with Crippen molar-refractivity contribution in [2.24, 2.45) is 0 Å². The number of quaternary nitrogens is 1. The van der Waals surface area contributed by atoms with Crippen LogP contribution in [0.2, 0.25) is 5.02 Å². The second-order valence-corrected chi connectivity index (χ2v) is 5.87. The van der Waals surface area contributed by atoms with Crippen LogP contribution in [-0.2, 0) is 4.79 Å².